The quantitative estimate of drug-likeness (QED) is 0.900. The van der Waals surface area contributed by atoms with Gasteiger partial charge >= 0.3 is 0 Å². The first-order chi connectivity index (χ1) is 8.72. The first kappa shape index (κ1) is 12.1. The Hall–Kier alpha value is -2.36. The molecule has 0 aliphatic heterocycles. The van der Waals surface area contributed by atoms with Crippen LogP contribution in [0.3, 0.4) is 0 Å². The van der Waals surface area contributed by atoms with Crippen LogP contribution in [0.4, 0.5) is 5.69 Å². The van der Waals surface area contributed by atoms with E-state index < -0.39 is 0 Å². The first-order valence-electron chi connectivity index (χ1n) is 5.57. The molecule has 0 aliphatic carbocycles. The Labute approximate surface area is 106 Å². The lowest BCUT2D eigenvalue weighted by atomic mass is 10.1. The highest BCUT2D eigenvalue weighted by molar-refractivity contribution is 6.05. The molecule has 0 atom stereocenters. The number of nitrogens with one attached hydrogen (secondary N) is 1. The van der Waals surface area contributed by atoms with Crippen molar-refractivity contribution in [3.05, 3.63) is 53.9 Å². The predicted octanol–water partition coefficient (Wildman–Crippen LogP) is 2.65. The van der Waals surface area contributed by atoms with Crippen LogP contribution < -0.4 is 10.1 Å². The molecule has 1 aromatic carbocycles. The third-order valence-electron chi connectivity index (χ3n) is 2.67. The van der Waals surface area contributed by atoms with Crippen molar-refractivity contribution < 1.29 is 9.53 Å². The third-order valence-corrected chi connectivity index (χ3v) is 2.67. The minimum absolute atomic E-state index is 0.167. The van der Waals surface area contributed by atoms with Crippen LogP contribution in [-0.4, -0.2) is 18.0 Å². The van der Waals surface area contributed by atoms with Gasteiger partial charge in [0.05, 0.1) is 19.0 Å². The fourth-order valence-corrected chi connectivity index (χ4v) is 1.72. The van der Waals surface area contributed by atoms with Gasteiger partial charge < -0.3 is 10.1 Å². The van der Waals surface area contributed by atoms with Gasteiger partial charge in [-0.15, -0.1) is 0 Å². The van der Waals surface area contributed by atoms with E-state index in [0.717, 1.165) is 5.56 Å². The van der Waals surface area contributed by atoms with Crippen molar-refractivity contribution in [2.75, 3.05) is 12.4 Å². The molecular formula is C14H14N2O2. The topological polar surface area (TPSA) is 51.2 Å². The number of carbonyl (C=O) groups excluding carboxylic acids is 1. The van der Waals surface area contributed by atoms with Gasteiger partial charge in [-0.2, -0.15) is 0 Å². The Morgan fingerprint density at radius 3 is 2.78 bits per heavy atom. The molecule has 0 bridgehead atoms. The van der Waals surface area contributed by atoms with Crippen LogP contribution in [0.25, 0.3) is 0 Å². The highest BCUT2D eigenvalue weighted by Crippen LogP contribution is 2.21. The van der Waals surface area contributed by atoms with E-state index in [9.17, 15) is 4.79 Å². The van der Waals surface area contributed by atoms with Gasteiger partial charge in [0.1, 0.15) is 5.75 Å². The van der Waals surface area contributed by atoms with E-state index in [2.05, 4.69) is 10.3 Å². The molecule has 0 radical (unpaired) electrons. The second kappa shape index (κ2) is 5.31. The van der Waals surface area contributed by atoms with Crippen LogP contribution in [0.2, 0.25) is 0 Å². The summed E-state index contributed by atoms with van der Waals surface area (Å²) in [5, 5.41) is 2.79. The van der Waals surface area contributed by atoms with Crippen molar-refractivity contribution in [3.8, 4) is 5.75 Å². The molecule has 1 heterocycles. The molecule has 0 unspecified atom stereocenters. The van der Waals surface area contributed by atoms with Gasteiger partial charge in [-0.3, -0.25) is 9.78 Å². The highest BCUT2D eigenvalue weighted by Gasteiger charge is 2.12. The van der Waals surface area contributed by atoms with E-state index in [0.29, 0.717) is 17.0 Å². The van der Waals surface area contributed by atoms with Gasteiger partial charge in [0, 0.05) is 17.3 Å². The molecule has 0 saturated carbocycles. The fourth-order valence-electron chi connectivity index (χ4n) is 1.72. The lowest BCUT2D eigenvalue weighted by Gasteiger charge is -2.10. The first-order valence-corrected chi connectivity index (χ1v) is 5.57. The average Bonchev–Trinajstić information content (AvgIpc) is 2.40. The lowest BCUT2D eigenvalue weighted by Crippen LogP contribution is -2.13. The summed E-state index contributed by atoms with van der Waals surface area (Å²) in [6.07, 6.45) is 3.26. The van der Waals surface area contributed by atoms with Crippen molar-refractivity contribution in [2.24, 2.45) is 0 Å². The normalized spacial score (nSPS) is 9.89. The summed E-state index contributed by atoms with van der Waals surface area (Å²) in [5.74, 6) is 0.535. The van der Waals surface area contributed by atoms with Crippen LogP contribution in [-0.2, 0) is 0 Å². The van der Waals surface area contributed by atoms with Crippen molar-refractivity contribution in [1.29, 1.82) is 0 Å². The summed E-state index contributed by atoms with van der Waals surface area (Å²) >= 11 is 0. The molecule has 18 heavy (non-hydrogen) atoms. The number of ether oxygens (including phenoxy) is 1. The lowest BCUT2D eigenvalue weighted by molar-refractivity contribution is 0.102. The Balaban J connectivity index is 2.24. The third kappa shape index (κ3) is 2.48. The molecule has 4 heteroatoms. The number of rotatable bonds is 3. The number of benzene rings is 1. The maximum Gasteiger partial charge on any atom is 0.256 e. The molecule has 1 N–H and O–H groups in total. The van der Waals surface area contributed by atoms with E-state index in [4.69, 9.17) is 4.74 Å². The summed E-state index contributed by atoms with van der Waals surface area (Å²) in [6, 6.07) is 8.96. The maximum atomic E-state index is 12.1. The second-order valence-corrected chi connectivity index (χ2v) is 3.83. The van der Waals surface area contributed by atoms with Crippen molar-refractivity contribution in [2.45, 2.75) is 6.92 Å². The van der Waals surface area contributed by atoms with Gasteiger partial charge in [0.15, 0.2) is 0 Å². The van der Waals surface area contributed by atoms with Crippen LogP contribution in [0, 0.1) is 6.92 Å². The van der Waals surface area contributed by atoms with Gasteiger partial charge in [-0.25, -0.2) is 0 Å². The second-order valence-electron chi connectivity index (χ2n) is 3.83. The average molecular weight is 242 g/mol. The highest BCUT2D eigenvalue weighted by atomic mass is 16.5. The molecule has 1 aromatic heterocycles. The van der Waals surface area contributed by atoms with Crippen LogP contribution in [0.15, 0.2) is 42.7 Å². The van der Waals surface area contributed by atoms with Crippen molar-refractivity contribution in [3.63, 3.8) is 0 Å². The SMILES string of the molecule is COc1cccc(C(=O)Nc2cccnc2)c1C. The van der Waals surface area contributed by atoms with E-state index in [1.165, 1.54) is 0 Å². The number of pyridine rings is 1. The van der Waals surface area contributed by atoms with E-state index in [1.807, 2.05) is 13.0 Å². The van der Waals surface area contributed by atoms with E-state index in [-0.39, 0.29) is 5.91 Å². The summed E-state index contributed by atoms with van der Waals surface area (Å²) in [7, 11) is 1.59. The minimum Gasteiger partial charge on any atom is -0.496 e. The number of amides is 1. The molecule has 0 spiro atoms. The predicted molar refractivity (Wildman–Crippen MR) is 69.9 cm³/mol. The molecule has 4 nitrogen and oxygen atoms in total. The van der Waals surface area contributed by atoms with Gasteiger partial charge in [0.25, 0.3) is 5.91 Å². The zero-order valence-electron chi connectivity index (χ0n) is 10.3. The molecule has 1 amide bonds. The summed E-state index contributed by atoms with van der Waals surface area (Å²) in [6.45, 7) is 1.86. The number of nitrogens with zero attached hydrogens (tertiary/aromatic N) is 1. The number of hydrogen-bond donors (Lipinski definition) is 1. The van der Waals surface area contributed by atoms with Gasteiger partial charge in [-0.1, -0.05) is 6.07 Å². The number of aromatic nitrogens is 1. The Morgan fingerprint density at radius 2 is 2.11 bits per heavy atom. The molecule has 0 aliphatic rings. The van der Waals surface area contributed by atoms with Gasteiger partial charge in [-0.05, 0) is 31.2 Å². The van der Waals surface area contributed by atoms with E-state index in [1.54, 1.807) is 43.8 Å². The molecule has 2 rings (SSSR count). The number of methoxy groups -OCH3 is 1. The smallest absolute Gasteiger partial charge is 0.256 e. The zero-order valence-corrected chi connectivity index (χ0v) is 10.3. The largest absolute Gasteiger partial charge is 0.496 e. The Morgan fingerprint density at radius 1 is 1.28 bits per heavy atom. The van der Waals surface area contributed by atoms with Crippen molar-refractivity contribution >= 4 is 11.6 Å². The molecule has 2 aromatic rings. The summed E-state index contributed by atoms with van der Waals surface area (Å²) in [4.78, 5) is 16.1. The summed E-state index contributed by atoms with van der Waals surface area (Å²) in [5.41, 5.74) is 2.09. The number of carbonyl (C=O) groups is 1. The zero-order chi connectivity index (χ0) is 13.0. The van der Waals surface area contributed by atoms with Crippen LogP contribution in [0.1, 0.15) is 15.9 Å². The fraction of sp³-hybridized carbons (Fsp3) is 0.143. The molecule has 92 valence electrons. The number of hydrogen-bond acceptors (Lipinski definition) is 3. The van der Waals surface area contributed by atoms with Crippen LogP contribution >= 0.6 is 0 Å². The Kier molecular flexibility index (Phi) is 3.57. The standard InChI is InChI=1S/C14H14N2O2/c1-10-12(6-3-7-13(10)18-2)14(17)16-11-5-4-8-15-9-11/h3-9H,1-2H3,(H,16,17). The minimum atomic E-state index is -0.167. The maximum absolute atomic E-state index is 12.1. The molecular weight excluding hydrogens is 228 g/mol. The van der Waals surface area contributed by atoms with Crippen molar-refractivity contribution in [1.82, 2.24) is 4.98 Å². The van der Waals surface area contributed by atoms with E-state index >= 15 is 0 Å². The van der Waals surface area contributed by atoms with Crippen LogP contribution in [0.5, 0.6) is 5.75 Å². The molecule has 0 saturated heterocycles. The monoisotopic (exact) mass is 242 g/mol. The summed E-state index contributed by atoms with van der Waals surface area (Å²) < 4.78 is 5.19. The Bertz CT molecular complexity index is 553. The van der Waals surface area contributed by atoms with Gasteiger partial charge in [0.2, 0.25) is 0 Å². The number of anilines is 1. The molecule has 0 fully saturated rings.